The van der Waals surface area contributed by atoms with Gasteiger partial charge < -0.3 is 15.6 Å². The van der Waals surface area contributed by atoms with Gasteiger partial charge in [0.1, 0.15) is 43.2 Å². The van der Waals surface area contributed by atoms with Crippen molar-refractivity contribution < 1.29 is 66.6 Å². The fraction of sp³-hybridized carbons (Fsp3) is 0.0345. The lowest BCUT2D eigenvalue weighted by atomic mass is 10.0. The first-order valence-electron chi connectivity index (χ1n) is 14.7. The molecule has 0 saturated carbocycles. The molecule has 0 fully saturated rings. The standard InChI is InChI=1S/C29H22N8O16S4/c1-53-22-10-15(5-7-19(22)33-31-14-3-2-4-17(9-14)54(41,42)43)32-36-28-25(57(50,51)52)12-18-23(55(44,45)46)13-21(29(38)26(18)27(28)30)35-34-20-8-6-16(37(39)40)11-24(20)56(47,48)49/h2-13,38H,30H2,1H3,(H,41,42,43)(H,44,45,46)(H,47,48,49)(H,50,51,52). The number of methoxy groups -OCH3 is 1. The number of phenols is 1. The molecule has 5 aromatic carbocycles. The average molecular weight is 867 g/mol. The minimum atomic E-state index is -5.37. The molecular weight excluding hydrogens is 845 g/mol. The summed E-state index contributed by atoms with van der Waals surface area (Å²) in [5.41, 5.74) is 2.02. The predicted octanol–water partition coefficient (Wildman–Crippen LogP) is 6.28. The van der Waals surface area contributed by atoms with Crippen LogP contribution in [0.4, 0.5) is 45.5 Å². The van der Waals surface area contributed by atoms with E-state index in [9.17, 15) is 67.1 Å². The number of anilines is 1. The first kappa shape index (κ1) is 41.8. The summed E-state index contributed by atoms with van der Waals surface area (Å²) in [5, 5.41) is 43.4. The normalized spacial score (nSPS) is 12.9. The van der Waals surface area contributed by atoms with Gasteiger partial charge in [0.25, 0.3) is 46.2 Å². The first-order chi connectivity index (χ1) is 26.4. The van der Waals surface area contributed by atoms with Crippen LogP contribution in [0.5, 0.6) is 11.5 Å². The molecular formula is C29H22N8O16S4. The number of benzene rings is 5. The summed E-state index contributed by atoms with van der Waals surface area (Å²) in [6, 6.07) is 11.5. The molecule has 298 valence electrons. The Morgan fingerprint density at radius 2 is 1.21 bits per heavy atom. The van der Waals surface area contributed by atoms with Crippen molar-refractivity contribution in [1.82, 2.24) is 0 Å². The van der Waals surface area contributed by atoms with E-state index in [2.05, 4.69) is 30.7 Å². The largest absolute Gasteiger partial charge is 0.505 e. The molecule has 0 aromatic heterocycles. The summed E-state index contributed by atoms with van der Waals surface area (Å²) >= 11 is 0. The minimum absolute atomic E-state index is 0.0155. The molecule has 0 amide bonds. The van der Waals surface area contributed by atoms with E-state index < -0.39 is 110 Å². The number of nitro benzene ring substituents is 1. The Hall–Kier alpha value is -6.40. The third-order valence-corrected chi connectivity index (χ3v) is 10.9. The second-order valence-corrected chi connectivity index (χ2v) is 16.7. The highest BCUT2D eigenvalue weighted by molar-refractivity contribution is 7.86. The third-order valence-electron chi connectivity index (χ3n) is 7.39. The Labute approximate surface area is 319 Å². The lowest BCUT2D eigenvalue weighted by Gasteiger charge is -2.14. The van der Waals surface area contributed by atoms with Crippen molar-refractivity contribution in [2.24, 2.45) is 30.7 Å². The molecule has 7 N–H and O–H groups in total. The van der Waals surface area contributed by atoms with Gasteiger partial charge in [-0.25, -0.2) is 0 Å². The molecule has 5 aromatic rings. The number of nitro groups is 1. The molecule has 0 heterocycles. The summed E-state index contributed by atoms with van der Waals surface area (Å²) in [6.07, 6.45) is 0. The van der Waals surface area contributed by atoms with Crippen LogP contribution in [-0.2, 0) is 40.5 Å². The lowest BCUT2D eigenvalue weighted by molar-refractivity contribution is -0.385. The monoisotopic (exact) mass is 866 g/mol. The Kier molecular flexibility index (Phi) is 11.2. The van der Waals surface area contributed by atoms with Gasteiger partial charge in [-0.05, 0) is 48.5 Å². The summed E-state index contributed by atoms with van der Waals surface area (Å²) in [4.78, 5) is 6.26. The molecule has 57 heavy (non-hydrogen) atoms. The van der Waals surface area contributed by atoms with Crippen LogP contribution in [0.15, 0.2) is 123 Å². The maximum atomic E-state index is 12.5. The second kappa shape index (κ2) is 15.3. The summed E-state index contributed by atoms with van der Waals surface area (Å²) in [7, 11) is -19.2. The molecule has 0 bridgehead atoms. The van der Waals surface area contributed by atoms with Crippen molar-refractivity contribution in [3.63, 3.8) is 0 Å². The molecule has 0 saturated heterocycles. The van der Waals surface area contributed by atoms with Crippen molar-refractivity contribution in [3.8, 4) is 11.5 Å². The zero-order valence-corrected chi connectivity index (χ0v) is 31.3. The quantitative estimate of drug-likeness (QED) is 0.0264. The number of ether oxygens (including phenoxy) is 1. The Bertz CT molecular complexity index is 3060. The van der Waals surface area contributed by atoms with E-state index in [-0.39, 0.29) is 22.8 Å². The fourth-order valence-corrected chi connectivity index (χ4v) is 7.38. The zero-order valence-electron chi connectivity index (χ0n) is 28.0. The molecule has 0 aliphatic rings. The second-order valence-electron chi connectivity index (χ2n) is 11.1. The Balaban J connectivity index is 1.65. The van der Waals surface area contributed by atoms with Crippen molar-refractivity contribution in [1.29, 1.82) is 0 Å². The third kappa shape index (κ3) is 9.19. The van der Waals surface area contributed by atoms with E-state index in [1.807, 2.05) is 0 Å². The van der Waals surface area contributed by atoms with Gasteiger partial charge in [0.2, 0.25) is 0 Å². The topological polar surface area (TPSA) is 390 Å². The van der Waals surface area contributed by atoms with Crippen LogP contribution in [0.25, 0.3) is 10.8 Å². The van der Waals surface area contributed by atoms with Crippen molar-refractivity contribution in [3.05, 3.63) is 82.9 Å². The van der Waals surface area contributed by atoms with E-state index in [4.69, 9.17) is 10.5 Å². The van der Waals surface area contributed by atoms with E-state index in [0.29, 0.717) is 18.2 Å². The number of hydrogen-bond donors (Lipinski definition) is 6. The SMILES string of the molecule is COc1cc(N=Nc2c(S(=O)(=O)O)cc3c(S(=O)(=O)O)cc(N=Nc4ccc([N+](=O)[O-])cc4S(=O)(=O)O)c(O)c3c2N)ccc1N=Nc1cccc(S(=O)(=O)O)c1. The van der Waals surface area contributed by atoms with Crippen LogP contribution >= 0.6 is 0 Å². The molecule has 0 spiro atoms. The van der Waals surface area contributed by atoms with Gasteiger partial charge in [0.15, 0.2) is 5.75 Å². The maximum Gasteiger partial charge on any atom is 0.297 e. The van der Waals surface area contributed by atoms with Crippen molar-refractivity contribution in [2.75, 3.05) is 12.8 Å². The lowest BCUT2D eigenvalue weighted by Crippen LogP contribution is -2.05. The smallest absolute Gasteiger partial charge is 0.297 e. The zero-order chi connectivity index (χ0) is 42.2. The minimum Gasteiger partial charge on any atom is -0.505 e. The number of phenolic OH excluding ortho intramolecular Hbond substituents is 1. The van der Waals surface area contributed by atoms with Crippen molar-refractivity contribution >= 4 is 96.7 Å². The van der Waals surface area contributed by atoms with Crippen LogP contribution < -0.4 is 10.5 Å². The molecule has 0 radical (unpaired) electrons. The van der Waals surface area contributed by atoms with E-state index in [0.717, 1.165) is 24.3 Å². The summed E-state index contributed by atoms with van der Waals surface area (Å²) < 4.78 is 141. The summed E-state index contributed by atoms with van der Waals surface area (Å²) in [6.45, 7) is 0. The highest BCUT2D eigenvalue weighted by Crippen LogP contribution is 2.48. The predicted molar refractivity (Wildman–Crippen MR) is 194 cm³/mol. The maximum absolute atomic E-state index is 12.5. The van der Waals surface area contributed by atoms with E-state index in [1.165, 1.54) is 37.4 Å². The fourth-order valence-electron chi connectivity index (χ4n) is 4.86. The molecule has 0 unspecified atom stereocenters. The van der Waals surface area contributed by atoms with Gasteiger partial charge in [-0.1, -0.05) is 6.07 Å². The molecule has 0 aliphatic heterocycles. The number of nitrogens with two attached hydrogens (primary N) is 1. The average Bonchev–Trinajstić information content (AvgIpc) is 3.11. The Morgan fingerprint density at radius 3 is 1.81 bits per heavy atom. The van der Waals surface area contributed by atoms with Crippen molar-refractivity contribution in [2.45, 2.75) is 19.6 Å². The number of azo groups is 3. The Morgan fingerprint density at radius 1 is 0.632 bits per heavy atom. The molecule has 24 nitrogen and oxygen atoms in total. The highest BCUT2D eigenvalue weighted by Gasteiger charge is 2.29. The van der Waals surface area contributed by atoms with Gasteiger partial charge in [-0.3, -0.25) is 28.3 Å². The van der Waals surface area contributed by atoms with Crippen LogP contribution in [-0.4, -0.2) is 69.0 Å². The highest BCUT2D eigenvalue weighted by atomic mass is 32.2. The van der Waals surface area contributed by atoms with E-state index >= 15 is 0 Å². The van der Waals surface area contributed by atoms with Gasteiger partial charge in [-0.15, -0.1) is 20.5 Å². The number of nitrogens with zero attached hydrogens (tertiary/aromatic N) is 7. The number of non-ortho nitro benzene ring substituents is 1. The molecule has 0 aliphatic carbocycles. The van der Waals surface area contributed by atoms with Gasteiger partial charge in [0, 0.05) is 23.6 Å². The molecule has 5 rings (SSSR count). The van der Waals surface area contributed by atoms with Crippen LogP contribution in [0.2, 0.25) is 0 Å². The van der Waals surface area contributed by atoms with Crippen LogP contribution in [0.3, 0.4) is 0 Å². The van der Waals surface area contributed by atoms with Crippen LogP contribution in [0.1, 0.15) is 0 Å². The van der Waals surface area contributed by atoms with Gasteiger partial charge in [-0.2, -0.15) is 43.9 Å². The molecule has 28 heteroatoms. The number of aromatic hydroxyl groups is 1. The molecule has 0 atom stereocenters. The van der Waals surface area contributed by atoms with Gasteiger partial charge >= 0.3 is 0 Å². The van der Waals surface area contributed by atoms with Gasteiger partial charge in [0.05, 0.1) is 39.4 Å². The first-order valence-corrected chi connectivity index (χ1v) is 20.5. The summed E-state index contributed by atoms with van der Waals surface area (Å²) in [5.74, 6) is -1.09. The van der Waals surface area contributed by atoms with Crippen LogP contribution in [0, 0.1) is 10.1 Å². The van der Waals surface area contributed by atoms with E-state index in [1.54, 1.807) is 0 Å². The number of nitrogen functional groups attached to an aromatic ring is 1. The number of rotatable bonds is 12. The number of hydrogen-bond acceptors (Lipinski definition) is 19. The number of fused-ring (bicyclic) bond motifs is 1.